The lowest BCUT2D eigenvalue weighted by molar-refractivity contribution is 0.0871. The second-order valence-corrected chi connectivity index (χ2v) is 8.89. The van der Waals surface area contributed by atoms with Gasteiger partial charge in [-0.1, -0.05) is 12.1 Å². The molecule has 5 N–H and O–H groups in total. The van der Waals surface area contributed by atoms with Gasteiger partial charge in [-0.3, -0.25) is 9.78 Å². The molecule has 0 saturated carbocycles. The van der Waals surface area contributed by atoms with Crippen molar-refractivity contribution in [3.8, 4) is 17.1 Å². The average molecular weight is 461 g/mol. The topological polar surface area (TPSA) is 139 Å². The Labute approximate surface area is 197 Å². The molecule has 1 aromatic carbocycles. The number of fused-ring (bicyclic) bond motifs is 1. The van der Waals surface area contributed by atoms with Gasteiger partial charge in [0.05, 0.1) is 53.1 Å². The minimum atomic E-state index is -0.806. The van der Waals surface area contributed by atoms with Gasteiger partial charge in [-0.05, 0) is 57.2 Å². The van der Waals surface area contributed by atoms with E-state index in [4.69, 9.17) is 5.73 Å². The van der Waals surface area contributed by atoms with Gasteiger partial charge in [0.15, 0.2) is 5.82 Å². The zero-order valence-corrected chi connectivity index (χ0v) is 19.4. The summed E-state index contributed by atoms with van der Waals surface area (Å²) in [4.78, 5) is 22.4. The molecule has 9 heteroatoms. The molecule has 0 saturated heterocycles. The minimum absolute atomic E-state index is 0.198. The van der Waals surface area contributed by atoms with Crippen LogP contribution in [0.4, 0.5) is 0 Å². The van der Waals surface area contributed by atoms with Crippen LogP contribution in [0.25, 0.3) is 28.0 Å². The number of amides is 1. The van der Waals surface area contributed by atoms with Crippen LogP contribution in [0.1, 0.15) is 48.6 Å². The van der Waals surface area contributed by atoms with E-state index in [1.807, 2.05) is 31.2 Å². The Morgan fingerprint density at radius 3 is 2.62 bits per heavy atom. The molecule has 0 spiro atoms. The zero-order chi connectivity index (χ0) is 24.5. The Bertz CT molecular complexity index is 1350. The molecule has 0 aliphatic rings. The molecule has 1 unspecified atom stereocenters. The Morgan fingerprint density at radius 2 is 1.91 bits per heavy atom. The van der Waals surface area contributed by atoms with Crippen molar-refractivity contribution in [2.75, 3.05) is 6.61 Å². The van der Waals surface area contributed by atoms with Gasteiger partial charge in [0, 0.05) is 17.0 Å². The van der Waals surface area contributed by atoms with Crippen molar-refractivity contribution < 1.29 is 15.0 Å². The Balaban J connectivity index is 1.94. The van der Waals surface area contributed by atoms with Crippen LogP contribution in [-0.4, -0.2) is 48.0 Å². The lowest BCUT2D eigenvalue weighted by Gasteiger charge is -2.23. The molecule has 0 bridgehead atoms. The van der Waals surface area contributed by atoms with E-state index >= 15 is 0 Å². The third kappa shape index (κ3) is 4.67. The van der Waals surface area contributed by atoms with Crippen molar-refractivity contribution in [3.63, 3.8) is 0 Å². The normalized spacial score (nSPS) is 12.6. The maximum Gasteiger partial charge on any atom is 0.252 e. The first-order chi connectivity index (χ1) is 16.2. The van der Waals surface area contributed by atoms with Crippen LogP contribution in [-0.2, 0) is 6.61 Å². The number of nitrogens with one attached hydrogen (secondary N) is 1. The third-order valence-electron chi connectivity index (χ3n) is 5.48. The fraction of sp³-hybridized carbons (Fsp3) is 0.280. The number of hydrogen-bond acceptors (Lipinski definition) is 7. The number of pyridine rings is 2. The van der Waals surface area contributed by atoms with Gasteiger partial charge in [0.1, 0.15) is 0 Å². The van der Waals surface area contributed by atoms with Crippen LogP contribution in [0, 0.1) is 0 Å². The van der Waals surface area contributed by atoms with Crippen molar-refractivity contribution in [2.45, 2.75) is 39.0 Å². The monoisotopic (exact) mass is 460 g/mol. The van der Waals surface area contributed by atoms with Crippen molar-refractivity contribution in [1.82, 2.24) is 25.1 Å². The van der Waals surface area contributed by atoms with E-state index in [9.17, 15) is 15.0 Å². The van der Waals surface area contributed by atoms with Gasteiger partial charge < -0.3 is 21.3 Å². The molecule has 4 rings (SSSR count). The lowest BCUT2D eigenvalue weighted by Crippen LogP contribution is -2.46. The highest BCUT2D eigenvalue weighted by atomic mass is 16.3. The Morgan fingerprint density at radius 1 is 1.15 bits per heavy atom. The fourth-order valence-corrected chi connectivity index (χ4v) is 3.60. The number of nitrogens with zero attached hydrogens (tertiary/aromatic N) is 4. The number of aromatic nitrogens is 4. The summed E-state index contributed by atoms with van der Waals surface area (Å²) in [5.74, 6) is 0.170. The molecule has 1 atom stereocenters. The van der Waals surface area contributed by atoms with Gasteiger partial charge in [0.2, 0.25) is 0 Å². The van der Waals surface area contributed by atoms with Gasteiger partial charge >= 0.3 is 0 Å². The van der Waals surface area contributed by atoms with E-state index in [0.29, 0.717) is 39.2 Å². The molecular formula is C25H28N6O3. The summed E-state index contributed by atoms with van der Waals surface area (Å²) in [5, 5.41) is 27.1. The molecule has 9 nitrogen and oxygen atoms in total. The van der Waals surface area contributed by atoms with Crippen molar-refractivity contribution >= 4 is 16.8 Å². The molecule has 34 heavy (non-hydrogen) atoms. The van der Waals surface area contributed by atoms with Crippen molar-refractivity contribution in [1.29, 1.82) is 0 Å². The third-order valence-corrected chi connectivity index (χ3v) is 5.48. The second-order valence-electron chi connectivity index (χ2n) is 8.89. The van der Waals surface area contributed by atoms with Crippen LogP contribution in [0.5, 0.6) is 0 Å². The number of carbonyl (C=O) groups is 1. The first-order valence-electron chi connectivity index (χ1n) is 11.0. The molecule has 0 aliphatic carbocycles. The molecule has 0 fully saturated rings. The first kappa shape index (κ1) is 23.5. The molecule has 0 aliphatic heterocycles. The van der Waals surface area contributed by atoms with E-state index in [1.54, 1.807) is 49.0 Å². The molecule has 4 aromatic rings. The second kappa shape index (κ2) is 9.30. The highest BCUT2D eigenvalue weighted by molar-refractivity contribution is 6.08. The van der Waals surface area contributed by atoms with E-state index in [-0.39, 0.29) is 25.2 Å². The molecular weight excluding hydrogens is 432 g/mol. The Hall–Kier alpha value is -3.66. The molecule has 1 amide bonds. The van der Waals surface area contributed by atoms with Crippen LogP contribution in [0.2, 0.25) is 0 Å². The van der Waals surface area contributed by atoms with E-state index in [2.05, 4.69) is 20.4 Å². The van der Waals surface area contributed by atoms with Crippen LogP contribution in [0.3, 0.4) is 0 Å². The summed E-state index contributed by atoms with van der Waals surface area (Å²) >= 11 is 0. The molecule has 3 aromatic heterocycles. The minimum Gasteiger partial charge on any atom is -0.394 e. The SMILES string of the molecule is CC(N)c1cccc(-c2cc(C(=O)NC(C)(C)CO)c3cnn(-c4cccc(CO)n4)c3c2)n1. The highest BCUT2D eigenvalue weighted by Gasteiger charge is 2.24. The summed E-state index contributed by atoms with van der Waals surface area (Å²) in [7, 11) is 0. The van der Waals surface area contributed by atoms with Crippen LogP contribution < -0.4 is 11.1 Å². The first-order valence-corrected chi connectivity index (χ1v) is 11.0. The highest BCUT2D eigenvalue weighted by Crippen LogP contribution is 2.29. The molecule has 3 heterocycles. The van der Waals surface area contributed by atoms with E-state index in [1.165, 1.54) is 0 Å². The van der Waals surface area contributed by atoms with Gasteiger partial charge in [-0.2, -0.15) is 5.10 Å². The summed E-state index contributed by atoms with van der Waals surface area (Å²) < 4.78 is 1.63. The number of aliphatic hydroxyl groups excluding tert-OH is 2. The smallest absolute Gasteiger partial charge is 0.252 e. The average Bonchev–Trinajstić information content (AvgIpc) is 3.27. The fourth-order valence-electron chi connectivity index (χ4n) is 3.60. The van der Waals surface area contributed by atoms with Crippen LogP contribution >= 0.6 is 0 Å². The predicted molar refractivity (Wildman–Crippen MR) is 129 cm³/mol. The molecule has 0 radical (unpaired) electrons. The van der Waals surface area contributed by atoms with Crippen molar-refractivity contribution in [2.24, 2.45) is 5.73 Å². The van der Waals surface area contributed by atoms with Gasteiger partial charge in [0.25, 0.3) is 5.91 Å². The van der Waals surface area contributed by atoms with Gasteiger partial charge in [-0.15, -0.1) is 0 Å². The standard InChI is InChI=1S/C25H28N6O3/c1-15(26)20-7-5-8-21(29-20)16-10-18(24(34)30-25(2,3)14-33)19-12-27-31(22(19)11-16)23-9-4-6-17(13-32)28-23/h4-12,15,32-33H,13-14,26H2,1-3H3,(H,30,34). The van der Waals surface area contributed by atoms with E-state index in [0.717, 1.165) is 5.69 Å². The number of nitrogens with two attached hydrogens (primary N) is 1. The summed E-state index contributed by atoms with van der Waals surface area (Å²) in [6, 6.07) is 14.3. The quantitative estimate of drug-likeness (QED) is 0.332. The predicted octanol–water partition coefficient (Wildman–Crippen LogP) is 2.50. The lowest BCUT2D eigenvalue weighted by atomic mass is 10.0. The van der Waals surface area contributed by atoms with Crippen molar-refractivity contribution in [3.05, 3.63) is 71.7 Å². The summed E-state index contributed by atoms with van der Waals surface area (Å²) in [5.41, 5.74) is 8.89. The maximum absolute atomic E-state index is 13.3. The van der Waals surface area contributed by atoms with Gasteiger partial charge in [-0.25, -0.2) is 9.67 Å². The zero-order valence-electron chi connectivity index (χ0n) is 19.4. The largest absolute Gasteiger partial charge is 0.394 e. The van der Waals surface area contributed by atoms with Crippen LogP contribution in [0.15, 0.2) is 54.7 Å². The maximum atomic E-state index is 13.3. The number of rotatable bonds is 7. The number of hydrogen-bond donors (Lipinski definition) is 4. The summed E-state index contributed by atoms with van der Waals surface area (Å²) in [6.07, 6.45) is 1.61. The molecule has 176 valence electrons. The summed E-state index contributed by atoms with van der Waals surface area (Å²) in [6.45, 7) is 4.94. The number of carbonyl (C=O) groups excluding carboxylic acids is 1. The number of benzene rings is 1. The Kier molecular flexibility index (Phi) is 6.43. The number of aliphatic hydroxyl groups is 2. The van der Waals surface area contributed by atoms with E-state index < -0.39 is 5.54 Å².